The third-order valence-electron chi connectivity index (χ3n) is 2.91. The number of thiol groups is 1. The standard InChI is InChI=1S/C11H23NOS/c1-11(13)6-8-12(10-11)7-4-2-3-5-9-14/h13-14H,2-10H2,1H3. The van der Waals surface area contributed by atoms with Gasteiger partial charge in [0.15, 0.2) is 0 Å². The zero-order chi connectivity index (χ0) is 10.4. The van der Waals surface area contributed by atoms with E-state index in [0.29, 0.717) is 0 Å². The van der Waals surface area contributed by atoms with Gasteiger partial charge in [0.05, 0.1) is 5.60 Å². The van der Waals surface area contributed by atoms with E-state index in [1.807, 2.05) is 6.92 Å². The van der Waals surface area contributed by atoms with E-state index in [4.69, 9.17) is 0 Å². The Bertz CT molecular complexity index is 161. The highest BCUT2D eigenvalue weighted by Crippen LogP contribution is 2.20. The summed E-state index contributed by atoms with van der Waals surface area (Å²) in [6, 6.07) is 0. The molecular weight excluding hydrogens is 194 g/mol. The first kappa shape index (κ1) is 12.3. The fourth-order valence-electron chi connectivity index (χ4n) is 2.03. The Morgan fingerprint density at radius 2 is 2.00 bits per heavy atom. The van der Waals surface area contributed by atoms with E-state index < -0.39 is 5.60 Å². The Morgan fingerprint density at radius 3 is 2.57 bits per heavy atom. The van der Waals surface area contributed by atoms with Crippen molar-refractivity contribution in [2.24, 2.45) is 0 Å². The molecule has 0 saturated carbocycles. The minimum atomic E-state index is -0.425. The number of aliphatic hydroxyl groups is 1. The highest BCUT2D eigenvalue weighted by Gasteiger charge is 2.30. The molecule has 84 valence electrons. The van der Waals surface area contributed by atoms with Gasteiger partial charge in [-0.3, -0.25) is 0 Å². The number of nitrogens with zero attached hydrogens (tertiary/aromatic N) is 1. The predicted octanol–water partition coefficient (Wildman–Crippen LogP) is 1.93. The van der Waals surface area contributed by atoms with Crippen LogP contribution in [-0.2, 0) is 0 Å². The van der Waals surface area contributed by atoms with Crippen molar-refractivity contribution in [2.45, 2.75) is 44.6 Å². The summed E-state index contributed by atoms with van der Waals surface area (Å²) >= 11 is 4.19. The zero-order valence-electron chi connectivity index (χ0n) is 9.21. The quantitative estimate of drug-likeness (QED) is 0.525. The summed E-state index contributed by atoms with van der Waals surface area (Å²) < 4.78 is 0. The van der Waals surface area contributed by atoms with Gasteiger partial charge in [-0.25, -0.2) is 0 Å². The van der Waals surface area contributed by atoms with E-state index in [0.717, 1.165) is 31.8 Å². The topological polar surface area (TPSA) is 23.5 Å². The van der Waals surface area contributed by atoms with Crippen molar-refractivity contribution in [3.05, 3.63) is 0 Å². The van der Waals surface area contributed by atoms with Crippen molar-refractivity contribution in [3.8, 4) is 0 Å². The van der Waals surface area contributed by atoms with Gasteiger partial charge in [0.1, 0.15) is 0 Å². The second-order valence-electron chi connectivity index (χ2n) is 4.66. The van der Waals surface area contributed by atoms with E-state index in [1.54, 1.807) is 0 Å². The van der Waals surface area contributed by atoms with Gasteiger partial charge in [0.25, 0.3) is 0 Å². The summed E-state index contributed by atoms with van der Waals surface area (Å²) in [4.78, 5) is 2.38. The Kier molecular flexibility index (Phi) is 5.28. The molecule has 1 atom stereocenters. The molecule has 1 saturated heterocycles. The van der Waals surface area contributed by atoms with Gasteiger partial charge in [-0.2, -0.15) is 12.6 Å². The number of rotatable bonds is 6. The molecule has 0 aromatic carbocycles. The summed E-state index contributed by atoms with van der Waals surface area (Å²) in [5.41, 5.74) is -0.425. The smallest absolute Gasteiger partial charge is 0.0758 e. The van der Waals surface area contributed by atoms with Crippen LogP contribution in [0.2, 0.25) is 0 Å². The molecule has 0 aliphatic carbocycles. The number of β-amino-alcohol motifs (C(OH)–C–C–N with tert-alkyl or cyclic N) is 1. The Hall–Kier alpha value is 0.270. The van der Waals surface area contributed by atoms with Gasteiger partial charge >= 0.3 is 0 Å². The Balaban J connectivity index is 1.98. The van der Waals surface area contributed by atoms with E-state index in [-0.39, 0.29) is 0 Å². The second kappa shape index (κ2) is 5.99. The van der Waals surface area contributed by atoms with Gasteiger partial charge in [-0.05, 0) is 38.5 Å². The lowest BCUT2D eigenvalue weighted by Crippen LogP contribution is -2.30. The van der Waals surface area contributed by atoms with Gasteiger partial charge in [0, 0.05) is 13.1 Å². The maximum atomic E-state index is 9.75. The first-order valence-corrected chi connectivity index (χ1v) is 6.33. The van der Waals surface area contributed by atoms with Crippen LogP contribution in [0.5, 0.6) is 0 Å². The first-order chi connectivity index (χ1) is 6.64. The molecular formula is C11H23NOS. The monoisotopic (exact) mass is 217 g/mol. The van der Waals surface area contributed by atoms with Crippen LogP contribution >= 0.6 is 12.6 Å². The van der Waals surface area contributed by atoms with Crippen LogP contribution in [0.4, 0.5) is 0 Å². The van der Waals surface area contributed by atoms with Crippen molar-refractivity contribution in [2.75, 3.05) is 25.4 Å². The molecule has 1 rings (SSSR count). The normalized spacial score (nSPS) is 28.5. The van der Waals surface area contributed by atoms with Crippen molar-refractivity contribution >= 4 is 12.6 Å². The van der Waals surface area contributed by atoms with Crippen LogP contribution in [0.1, 0.15) is 39.0 Å². The average Bonchev–Trinajstić information content (AvgIpc) is 2.45. The zero-order valence-corrected chi connectivity index (χ0v) is 10.1. The van der Waals surface area contributed by atoms with E-state index >= 15 is 0 Å². The minimum Gasteiger partial charge on any atom is -0.389 e. The predicted molar refractivity (Wildman–Crippen MR) is 64.0 cm³/mol. The molecule has 1 heterocycles. The summed E-state index contributed by atoms with van der Waals surface area (Å²) in [6.45, 7) is 5.02. The van der Waals surface area contributed by atoms with E-state index in [2.05, 4.69) is 17.5 Å². The van der Waals surface area contributed by atoms with Crippen molar-refractivity contribution in [3.63, 3.8) is 0 Å². The van der Waals surface area contributed by atoms with E-state index in [9.17, 15) is 5.11 Å². The minimum absolute atomic E-state index is 0.425. The second-order valence-corrected chi connectivity index (χ2v) is 5.11. The van der Waals surface area contributed by atoms with Crippen LogP contribution in [0, 0.1) is 0 Å². The largest absolute Gasteiger partial charge is 0.389 e. The van der Waals surface area contributed by atoms with Crippen molar-refractivity contribution in [1.29, 1.82) is 0 Å². The molecule has 1 unspecified atom stereocenters. The van der Waals surface area contributed by atoms with Crippen LogP contribution in [-0.4, -0.2) is 41.0 Å². The lowest BCUT2D eigenvalue weighted by atomic mass is 10.1. The van der Waals surface area contributed by atoms with Crippen molar-refractivity contribution < 1.29 is 5.11 Å². The molecule has 0 aromatic rings. The molecule has 0 amide bonds. The van der Waals surface area contributed by atoms with Gasteiger partial charge in [0.2, 0.25) is 0 Å². The van der Waals surface area contributed by atoms with Crippen LogP contribution in [0.3, 0.4) is 0 Å². The molecule has 1 aliphatic rings. The molecule has 1 aliphatic heterocycles. The number of likely N-dealkylation sites (tertiary alicyclic amines) is 1. The molecule has 3 heteroatoms. The summed E-state index contributed by atoms with van der Waals surface area (Å²) in [7, 11) is 0. The highest BCUT2D eigenvalue weighted by atomic mass is 32.1. The van der Waals surface area contributed by atoms with Crippen LogP contribution in [0.15, 0.2) is 0 Å². The fourth-order valence-corrected chi connectivity index (χ4v) is 2.25. The van der Waals surface area contributed by atoms with Gasteiger partial charge < -0.3 is 10.0 Å². The third kappa shape index (κ3) is 4.67. The fraction of sp³-hybridized carbons (Fsp3) is 1.00. The average molecular weight is 217 g/mol. The highest BCUT2D eigenvalue weighted by molar-refractivity contribution is 7.80. The van der Waals surface area contributed by atoms with Gasteiger partial charge in [-0.1, -0.05) is 12.8 Å². The maximum Gasteiger partial charge on any atom is 0.0758 e. The lowest BCUT2D eigenvalue weighted by Gasteiger charge is -2.18. The van der Waals surface area contributed by atoms with Crippen LogP contribution < -0.4 is 0 Å². The number of unbranched alkanes of at least 4 members (excludes halogenated alkanes) is 3. The molecule has 0 radical (unpaired) electrons. The Morgan fingerprint density at radius 1 is 1.29 bits per heavy atom. The summed E-state index contributed by atoms with van der Waals surface area (Å²) in [5, 5.41) is 9.75. The number of hydrogen-bond donors (Lipinski definition) is 2. The molecule has 14 heavy (non-hydrogen) atoms. The van der Waals surface area contributed by atoms with Crippen molar-refractivity contribution in [1.82, 2.24) is 4.90 Å². The maximum absolute atomic E-state index is 9.75. The molecule has 0 aromatic heterocycles. The Labute approximate surface area is 93.1 Å². The van der Waals surface area contributed by atoms with E-state index in [1.165, 1.54) is 25.7 Å². The van der Waals surface area contributed by atoms with Crippen LogP contribution in [0.25, 0.3) is 0 Å². The summed E-state index contributed by atoms with van der Waals surface area (Å²) in [5.74, 6) is 1.01. The molecule has 0 bridgehead atoms. The molecule has 0 spiro atoms. The summed E-state index contributed by atoms with van der Waals surface area (Å²) in [6.07, 6.45) is 6.04. The third-order valence-corrected chi connectivity index (χ3v) is 3.23. The number of hydrogen-bond acceptors (Lipinski definition) is 3. The molecule has 1 N–H and O–H groups in total. The first-order valence-electron chi connectivity index (χ1n) is 5.70. The molecule has 2 nitrogen and oxygen atoms in total. The SMILES string of the molecule is CC1(O)CCN(CCCCCCS)C1. The lowest BCUT2D eigenvalue weighted by molar-refractivity contribution is 0.0686. The van der Waals surface area contributed by atoms with Gasteiger partial charge in [-0.15, -0.1) is 0 Å². The molecule has 1 fully saturated rings.